The Hall–Kier alpha value is -0.870. The highest BCUT2D eigenvalue weighted by Gasteiger charge is 2.20. The second-order valence-corrected chi connectivity index (χ2v) is 6.15. The van der Waals surface area contributed by atoms with E-state index in [1.54, 1.807) is 0 Å². The van der Waals surface area contributed by atoms with Gasteiger partial charge in [-0.3, -0.25) is 9.58 Å². The summed E-state index contributed by atoms with van der Waals surface area (Å²) >= 11 is 0. The summed E-state index contributed by atoms with van der Waals surface area (Å²) in [5.41, 5.74) is 3.91. The fourth-order valence-corrected chi connectivity index (χ4v) is 3.11. The lowest BCUT2D eigenvalue weighted by Crippen LogP contribution is -2.37. The summed E-state index contributed by atoms with van der Waals surface area (Å²) in [7, 11) is 2.04. The van der Waals surface area contributed by atoms with E-state index in [0.29, 0.717) is 6.04 Å². The average Bonchev–Trinajstić information content (AvgIpc) is 3.00. The van der Waals surface area contributed by atoms with Crippen LogP contribution in [0.3, 0.4) is 0 Å². The summed E-state index contributed by atoms with van der Waals surface area (Å²) in [6, 6.07) is 0.684. The Morgan fingerprint density at radius 1 is 1.40 bits per heavy atom. The fraction of sp³-hybridized carbons (Fsp3) is 0.812. The molecule has 2 heterocycles. The number of aryl methyl sites for hydroxylation is 2. The lowest BCUT2D eigenvalue weighted by molar-refractivity contribution is 0.237. The van der Waals surface area contributed by atoms with Crippen LogP contribution < -0.4 is 5.32 Å². The van der Waals surface area contributed by atoms with E-state index in [0.717, 1.165) is 6.54 Å². The number of nitrogens with one attached hydrogen (secondary N) is 1. The maximum absolute atomic E-state index is 4.55. The molecule has 0 spiro atoms. The van der Waals surface area contributed by atoms with Crippen LogP contribution in [0.5, 0.6) is 0 Å². The smallest absolute Gasteiger partial charge is 0.0641 e. The molecule has 0 saturated carbocycles. The SMILES string of the molecule is CCCCN(Cc1c(C)nn(C)c1C)CC1CCCN1. The zero-order valence-electron chi connectivity index (χ0n) is 13.6. The molecule has 1 atom stereocenters. The first-order chi connectivity index (χ1) is 9.61. The van der Waals surface area contributed by atoms with E-state index in [1.807, 2.05) is 11.7 Å². The van der Waals surface area contributed by atoms with Crippen LogP contribution in [0.4, 0.5) is 0 Å². The highest BCUT2D eigenvalue weighted by molar-refractivity contribution is 5.24. The molecule has 0 bridgehead atoms. The standard InChI is InChI=1S/C16H30N4/c1-5-6-10-20(11-15-8-7-9-17-15)12-16-13(2)18-19(4)14(16)3/h15,17H,5-12H2,1-4H3. The Bertz CT molecular complexity index is 418. The Balaban J connectivity index is 2.01. The van der Waals surface area contributed by atoms with Gasteiger partial charge in [-0.1, -0.05) is 13.3 Å². The number of hydrogen-bond donors (Lipinski definition) is 1. The first kappa shape index (κ1) is 15.5. The van der Waals surface area contributed by atoms with Crippen molar-refractivity contribution in [2.75, 3.05) is 19.6 Å². The Kier molecular flexibility index (Phi) is 5.61. The van der Waals surface area contributed by atoms with E-state index in [9.17, 15) is 0 Å². The van der Waals surface area contributed by atoms with Gasteiger partial charge in [0.05, 0.1) is 5.69 Å². The van der Waals surface area contributed by atoms with Crippen LogP contribution in [0.25, 0.3) is 0 Å². The summed E-state index contributed by atoms with van der Waals surface area (Å²) in [6.07, 6.45) is 5.20. The van der Waals surface area contributed by atoms with Gasteiger partial charge in [-0.15, -0.1) is 0 Å². The molecule has 1 N–H and O–H groups in total. The molecule has 1 fully saturated rings. The summed E-state index contributed by atoms with van der Waals surface area (Å²) in [6.45, 7) is 11.2. The minimum Gasteiger partial charge on any atom is -0.313 e. The van der Waals surface area contributed by atoms with Crippen molar-refractivity contribution in [3.05, 3.63) is 17.0 Å². The fourth-order valence-electron chi connectivity index (χ4n) is 3.11. The highest BCUT2D eigenvalue weighted by atomic mass is 15.3. The molecule has 1 aliphatic heterocycles. The summed E-state index contributed by atoms with van der Waals surface area (Å²) in [4.78, 5) is 2.61. The largest absolute Gasteiger partial charge is 0.313 e. The van der Waals surface area contributed by atoms with Crippen LogP contribution >= 0.6 is 0 Å². The van der Waals surface area contributed by atoms with Crippen molar-refractivity contribution in [3.63, 3.8) is 0 Å². The van der Waals surface area contributed by atoms with Crippen LogP contribution in [-0.4, -0.2) is 40.4 Å². The molecular formula is C16H30N4. The maximum Gasteiger partial charge on any atom is 0.0641 e. The lowest BCUT2D eigenvalue weighted by Gasteiger charge is -2.25. The topological polar surface area (TPSA) is 33.1 Å². The van der Waals surface area contributed by atoms with Crippen LogP contribution in [-0.2, 0) is 13.6 Å². The summed E-state index contributed by atoms with van der Waals surface area (Å²) < 4.78 is 2.01. The third-order valence-electron chi connectivity index (χ3n) is 4.51. The average molecular weight is 278 g/mol. The minimum atomic E-state index is 0.684. The van der Waals surface area contributed by atoms with E-state index >= 15 is 0 Å². The molecule has 0 aromatic carbocycles. The van der Waals surface area contributed by atoms with Crippen molar-refractivity contribution in [1.82, 2.24) is 20.0 Å². The van der Waals surface area contributed by atoms with E-state index < -0.39 is 0 Å². The molecule has 1 aliphatic rings. The van der Waals surface area contributed by atoms with Gasteiger partial charge >= 0.3 is 0 Å². The molecule has 1 aromatic heterocycles. The van der Waals surface area contributed by atoms with Gasteiger partial charge in [-0.05, 0) is 46.2 Å². The molecule has 1 saturated heterocycles. The van der Waals surface area contributed by atoms with Crippen molar-refractivity contribution in [2.24, 2.45) is 7.05 Å². The Morgan fingerprint density at radius 3 is 2.75 bits per heavy atom. The van der Waals surface area contributed by atoms with Crippen molar-refractivity contribution in [3.8, 4) is 0 Å². The lowest BCUT2D eigenvalue weighted by atomic mass is 10.1. The van der Waals surface area contributed by atoms with E-state index in [1.165, 1.54) is 62.3 Å². The quantitative estimate of drug-likeness (QED) is 0.831. The number of unbranched alkanes of at least 4 members (excludes halogenated alkanes) is 1. The molecule has 0 amide bonds. The Morgan fingerprint density at radius 2 is 2.20 bits per heavy atom. The Labute approximate surface area is 123 Å². The zero-order valence-corrected chi connectivity index (χ0v) is 13.6. The minimum absolute atomic E-state index is 0.684. The van der Waals surface area contributed by atoms with Gasteiger partial charge in [-0.2, -0.15) is 5.10 Å². The van der Waals surface area contributed by atoms with Crippen molar-refractivity contribution in [2.45, 2.75) is 59.0 Å². The third-order valence-corrected chi connectivity index (χ3v) is 4.51. The van der Waals surface area contributed by atoms with Gasteiger partial charge in [0.2, 0.25) is 0 Å². The first-order valence-corrected chi connectivity index (χ1v) is 8.06. The van der Waals surface area contributed by atoms with Crippen LogP contribution in [0.15, 0.2) is 0 Å². The maximum atomic E-state index is 4.55. The zero-order chi connectivity index (χ0) is 14.5. The van der Waals surface area contributed by atoms with Crippen molar-refractivity contribution >= 4 is 0 Å². The van der Waals surface area contributed by atoms with Gasteiger partial charge in [0.15, 0.2) is 0 Å². The number of rotatable bonds is 7. The summed E-state index contributed by atoms with van der Waals surface area (Å²) in [5.74, 6) is 0. The highest BCUT2D eigenvalue weighted by Crippen LogP contribution is 2.17. The van der Waals surface area contributed by atoms with Gasteiger partial charge in [0, 0.05) is 37.4 Å². The number of nitrogens with zero attached hydrogens (tertiary/aromatic N) is 3. The van der Waals surface area contributed by atoms with Gasteiger partial charge in [-0.25, -0.2) is 0 Å². The molecule has 4 heteroatoms. The van der Waals surface area contributed by atoms with Gasteiger partial charge in [0.1, 0.15) is 0 Å². The second kappa shape index (κ2) is 7.23. The van der Waals surface area contributed by atoms with Gasteiger partial charge in [0.25, 0.3) is 0 Å². The van der Waals surface area contributed by atoms with Crippen molar-refractivity contribution < 1.29 is 0 Å². The third kappa shape index (κ3) is 3.83. The molecule has 20 heavy (non-hydrogen) atoms. The second-order valence-electron chi connectivity index (χ2n) is 6.15. The number of aromatic nitrogens is 2. The predicted molar refractivity (Wildman–Crippen MR) is 83.9 cm³/mol. The molecule has 1 unspecified atom stereocenters. The normalized spacial score (nSPS) is 19.1. The molecule has 1 aromatic rings. The summed E-state index contributed by atoms with van der Waals surface area (Å²) in [5, 5.41) is 8.17. The van der Waals surface area contributed by atoms with Crippen molar-refractivity contribution in [1.29, 1.82) is 0 Å². The van der Waals surface area contributed by atoms with E-state index in [-0.39, 0.29) is 0 Å². The van der Waals surface area contributed by atoms with Crippen LogP contribution in [0, 0.1) is 13.8 Å². The van der Waals surface area contributed by atoms with E-state index in [4.69, 9.17) is 0 Å². The van der Waals surface area contributed by atoms with Crippen LogP contribution in [0.1, 0.15) is 49.6 Å². The molecule has 0 aliphatic carbocycles. The van der Waals surface area contributed by atoms with Crippen LogP contribution in [0.2, 0.25) is 0 Å². The molecule has 0 radical (unpaired) electrons. The molecule has 4 nitrogen and oxygen atoms in total. The number of hydrogen-bond acceptors (Lipinski definition) is 3. The van der Waals surface area contributed by atoms with E-state index in [2.05, 4.69) is 36.1 Å². The van der Waals surface area contributed by atoms with Gasteiger partial charge < -0.3 is 5.32 Å². The first-order valence-electron chi connectivity index (χ1n) is 8.06. The molecule has 114 valence electrons. The monoisotopic (exact) mass is 278 g/mol. The molecule has 2 rings (SSSR count). The molecular weight excluding hydrogens is 248 g/mol. The predicted octanol–water partition coefficient (Wildman–Crippen LogP) is 2.39.